The summed E-state index contributed by atoms with van der Waals surface area (Å²) in [4.78, 5) is 56.4. The number of nitrogens with one attached hydrogen (secondary N) is 1. The standard InChI is InChI=1S/C31H25N5O6/c1-41-28(38)24-25(29(39)42-2)36(34-27(37)20-13-7-4-8-14-20)26(33)22(17-32)31(24)21-15-9-10-16-23(21)35(30(31)40)18-19-11-5-3-6-12-19/h3-16H,18,33H2,1-2H3,(H,34,37). The molecular weight excluding hydrogens is 538 g/mol. The van der Waals surface area contributed by atoms with E-state index in [9.17, 15) is 24.4 Å². The lowest BCUT2D eigenvalue weighted by Crippen LogP contribution is -2.56. The van der Waals surface area contributed by atoms with Gasteiger partial charge in [0.1, 0.15) is 17.3 Å². The van der Waals surface area contributed by atoms with Crippen molar-refractivity contribution in [1.29, 1.82) is 5.26 Å². The lowest BCUT2D eigenvalue weighted by Gasteiger charge is -2.40. The van der Waals surface area contributed by atoms with Crippen LogP contribution in [0.1, 0.15) is 21.5 Å². The minimum atomic E-state index is -2.19. The Hall–Kier alpha value is -5.89. The number of carbonyl (C=O) groups is 4. The molecule has 1 unspecified atom stereocenters. The fourth-order valence-corrected chi connectivity index (χ4v) is 5.35. The molecule has 42 heavy (non-hydrogen) atoms. The van der Waals surface area contributed by atoms with E-state index in [1.807, 2.05) is 36.4 Å². The SMILES string of the molecule is COC(=O)C1=C(C(=O)OC)C2(C(=O)N(Cc3ccccc3)c3ccccc32)C(C#N)=C(N)N1NC(=O)c1ccccc1. The second-order valence-electron chi connectivity index (χ2n) is 9.37. The Morgan fingerprint density at radius 3 is 2.12 bits per heavy atom. The number of amides is 2. The minimum absolute atomic E-state index is 0.0908. The first-order valence-corrected chi connectivity index (χ1v) is 12.7. The van der Waals surface area contributed by atoms with Crippen molar-refractivity contribution in [3.63, 3.8) is 0 Å². The van der Waals surface area contributed by atoms with Gasteiger partial charge in [0, 0.05) is 16.8 Å². The van der Waals surface area contributed by atoms with Crippen LogP contribution in [0.2, 0.25) is 0 Å². The van der Waals surface area contributed by atoms with Gasteiger partial charge in [-0.3, -0.25) is 15.0 Å². The molecule has 0 aromatic heterocycles. The van der Waals surface area contributed by atoms with E-state index in [1.165, 1.54) is 17.0 Å². The smallest absolute Gasteiger partial charge is 0.357 e. The van der Waals surface area contributed by atoms with Crippen LogP contribution in [0.15, 0.2) is 108 Å². The Labute approximate surface area is 241 Å². The van der Waals surface area contributed by atoms with Crippen molar-refractivity contribution in [3.05, 3.63) is 124 Å². The maximum atomic E-state index is 14.7. The van der Waals surface area contributed by atoms with Crippen LogP contribution in [0.3, 0.4) is 0 Å². The van der Waals surface area contributed by atoms with Crippen molar-refractivity contribution in [1.82, 2.24) is 10.4 Å². The van der Waals surface area contributed by atoms with Crippen LogP contribution in [0.25, 0.3) is 0 Å². The molecule has 0 saturated heterocycles. The lowest BCUT2D eigenvalue weighted by molar-refractivity contribution is -0.142. The van der Waals surface area contributed by atoms with Crippen molar-refractivity contribution < 1.29 is 28.7 Å². The molecule has 11 nitrogen and oxygen atoms in total. The Kier molecular flexibility index (Phi) is 7.21. The van der Waals surface area contributed by atoms with Gasteiger partial charge in [0.25, 0.3) is 5.91 Å². The monoisotopic (exact) mass is 563 g/mol. The summed E-state index contributed by atoms with van der Waals surface area (Å²) in [5, 5.41) is 11.3. The molecule has 5 rings (SSSR count). The number of rotatable bonds is 6. The van der Waals surface area contributed by atoms with Crippen molar-refractivity contribution >= 4 is 29.4 Å². The van der Waals surface area contributed by atoms with Crippen LogP contribution in [0.5, 0.6) is 0 Å². The number of para-hydroxylation sites is 1. The van der Waals surface area contributed by atoms with E-state index in [0.29, 0.717) is 5.69 Å². The van der Waals surface area contributed by atoms with E-state index in [0.717, 1.165) is 24.8 Å². The Morgan fingerprint density at radius 1 is 0.905 bits per heavy atom. The number of benzene rings is 3. The highest BCUT2D eigenvalue weighted by Gasteiger charge is 2.63. The summed E-state index contributed by atoms with van der Waals surface area (Å²) >= 11 is 0. The van der Waals surface area contributed by atoms with Gasteiger partial charge in [-0.05, 0) is 23.8 Å². The largest absolute Gasteiger partial charge is 0.466 e. The van der Waals surface area contributed by atoms with E-state index in [2.05, 4.69) is 5.43 Å². The van der Waals surface area contributed by atoms with Gasteiger partial charge in [0.15, 0.2) is 5.70 Å². The Balaban J connectivity index is 1.80. The fourth-order valence-electron chi connectivity index (χ4n) is 5.35. The average Bonchev–Trinajstić information content (AvgIpc) is 3.26. The molecule has 210 valence electrons. The molecule has 3 N–H and O–H groups in total. The van der Waals surface area contributed by atoms with Gasteiger partial charge < -0.3 is 20.1 Å². The quantitative estimate of drug-likeness (QED) is 0.430. The topological polar surface area (TPSA) is 155 Å². The second-order valence-corrected chi connectivity index (χ2v) is 9.37. The molecule has 2 aliphatic rings. The Morgan fingerprint density at radius 2 is 1.50 bits per heavy atom. The zero-order chi connectivity index (χ0) is 30.0. The van der Waals surface area contributed by atoms with E-state index >= 15 is 0 Å². The summed E-state index contributed by atoms with van der Waals surface area (Å²) in [7, 11) is 2.14. The fraction of sp³-hybridized carbons (Fsp3) is 0.129. The predicted octanol–water partition coefficient (Wildman–Crippen LogP) is 2.43. The molecule has 2 amide bonds. The summed E-state index contributed by atoms with van der Waals surface area (Å²) in [5.74, 6) is -4.06. The summed E-state index contributed by atoms with van der Waals surface area (Å²) in [6.45, 7) is 0.0908. The van der Waals surface area contributed by atoms with Gasteiger partial charge in [0.2, 0.25) is 5.91 Å². The third-order valence-electron chi connectivity index (χ3n) is 7.19. The van der Waals surface area contributed by atoms with Gasteiger partial charge in [0.05, 0.1) is 31.9 Å². The summed E-state index contributed by atoms with van der Waals surface area (Å²) in [5.41, 5.74) is 6.96. The molecule has 0 radical (unpaired) electrons. The van der Waals surface area contributed by atoms with Gasteiger partial charge in [-0.1, -0.05) is 66.7 Å². The first-order chi connectivity index (χ1) is 20.3. The number of nitrogens with zero attached hydrogens (tertiary/aromatic N) is 3. The van der Waals surface area contributed by atoms with E-state index in [1.54, 1.807) is 42.5 Å². The van der Waals surface area contributed by atoms with Crippen molar-refractivity contribution in [2.24, 2.45) is 5.73 Å². The van der Waals surface area contributed by atoms with E-state index < -0.39 is 46.3 Å². The second kappa shape index (κ2) is 10.9. The average molecular weight is 564 g/mol. The van der Waals surface area contributed by atoms with Crippen LogP contribution < -0.4 is 16.1 Å². The molecule has 0 aliphatic carbocycles. The van der Waals surface area contributed by atoms with Gasteiger partial charge in [-0.25, -0.2) is 14.6 Å². The maximum Gasteiger partial charge on any atom is 0.357 e. The van der Waals surface area contributed by atoms with Crippen molar-refractivity contribution in [3.8, 4) is 6.07 Å². The molecule has 0 fully saturated rings. The lowest BCUT2D eigenvalue weighted by atomic mass is 9.67. The molecular formula is C31H25N5O6. The number of esters is 2. The third-order valence-corrected chi connectivity index (χ3v) is 7.19. The first-order valence-electron chi connectivity index (χ1n) is 12.7. The van der Waals surface area contributed by atoms with Crippen LogP contribution in [-0.2, 0) is 35.8 Å². The summed E-state index contributed by atoms with van der Waals surface area (Å²) in [6.07, 6.45) is 0. The van der Waals surface area contributed by atoms with Gasteiger partial charge in [-0.15, -0.1) is 0 Å². The molecule has 1 spiro atoms. The summed E-state index contributed by atoms with van der Waals surface area (Å²) in [6, 6.07) is 25.7. The molecule has 0 saturated carbocycles. The molecule has 11 heteroatoms. The minimum Gasteiger partial charge on any atom is -0.466 e. The normalized spacial score (nSPS) is 17.6. The highest BCUT2D eigenvalue weighted by atomic mass is 16.5. The number of nitriles is 1. The molecule has 3 aromatic carbocycles. The number of methoxy groups -OCH3 is 2. The van der Waals surface area contributed by atoms with Crippen LogP contribution in [-0.4, -0.2) is 43.0 Å². The number of anilines is 1. The highest BCUT2D eigenvalue weighted by Crippen LogP contribution is 2.54. The van der Waals surface area contributed by atoms with Crippen LogP contribution in [0, 0.1) is 11.3 Å². The molecule has 0 bridgehead atoms. The van der Waals surface area contributed by atoms with Gasteiger partial charge >= 0.3 is 11.9 Å². The number of carbonyl (C=O) groups excluding carboxylic acids is 4. The third kappa shape index (κ3) is 4.13. The van der Waals surface area contributed by atoms with E-state index in [-0.39, 0.29) is 23.2 Å². The van der Waals surface area contributed by atoms with Crippen LogP contribution in [0.4, 0.5) is 5.69 Å². The number of ether oxygens (including phenoxy) is 2. The van der Waals surface area contributed by atoms with Crippen molar-refractivity contribution in [2.45, 2.75) is 12.0 Å². The molecule has 3 aromatic rings. The highest BCUT2D eigenvalue weighted by molar-refractivity contribution is 6.20. The number of fused-ring (bicyclic) bond motifs is 2. The van der Waals surface area contributed by atoms with Crippen LogP contribution >= 0.6 is 0 Å². The molecule has 1 atom stereocenters. The zero-order valence-corrected chi connectivity index (χ0v) is 22.7. The summed E-state index contributed by atoms with van der Waals surface area (Å²) < 4.78 is 10.1. The Bertz CT molecular complexity index is 1710. The maximum absolute atomic E-state index is 14.7. The number of hydrogen-bond donors (Lipinski definition) is 2. The van der Waals surface area contributed by atoms with Gasteiger partial charge in [-0.2, -0.15) is 5.26 Å². The number of nitrogens with two attached hydrogens (primary N) is 1. The zero-order valence-electron chi connectivity index (χ0n) is 22.7. The number of hydrazine groups is 1. The van der Waals surface area contributed by atoms with E-state index in [4.69, 9.17) is 15.2 Å². The molecule has 2 aliphatic heterocycles. The first kappa shape index (κ1) is 27.7. The number of hydrogen-bond acceptors (Lipinski definition) is 9. The molecule has 2 heterocycles. The van der Waals surface area contributed by atoms with Crippen molar-refractivity contribution in [2.75, 3.05) is 19.1 Å². The predicted molar refractivity (Wildman–Crippen MR) is 149 cm³/mol.